The summed E-state index contributed by atoms with van der Waals surface area (Å²) in [6.45, 7) is 1.90. The van der Waals surface area contributed by atoms with Crippen LogP contribution in [0.1, 0.15) is 17.3 Å². The van der Waals surface area contributed by atoms with Gasteiger partial charge in [-0.2, -0.15) is 5.10 Å². The minimum absolute atomic E-state index is 0.0465. The van der Waals surface area contributed by atoms with Gasteiger partial charge in [-0.1, -0.05) is 28.1 Å². The summed E-state index contributed by atoms with van der Waals surface area (Å²) in [4.78, 5) is 23.2. The van der Waals surface area contributed by atoms with Crippen molar-refractivity contribution < 1.29 is 9.53 Å². The van der Waals surface area contributed by atoms with Crippen molar-refractivity contribution in [1.82, 2.24) is 10.2 Å². The molecule has 0 bridgehead atoms. The smallest absolute Gasteiger partial charge is 0.343 e. The largest absolute Gasteiger partial charge is 0.462 e. The molecular formula is C13H11BrN2O3. The van der Waals surface area contributed by atoms with Gasteiger partial charge in [-0.15, -0.1) is 0 Å². The fraction of sp³-hybridized carbons (Fsp3) is 0.154. The van der Waals surface area contributed by atoms with Crippen molar-refractivity contribution in [2.45, 2.75) is 6.92 Å². The van der Waals surface area contributed by atoms with Gasteiger partial charge >= 0.3 is 5.97 Å². The SMILES string of the molecule is CCOC(=O)c1cc(-c2ccc(Br)cc2)n[nH]c1=O. The van der Waals surface area contributed by atoms with Crippen LogP contribution in [0.5, 0.6) is 0 Å². The van der Waals surface area contributed by atoms with Crippen LogP contribution in [0.4, 0.5) is 0 Å². The summed E-state index contributed by atoms with van der Waals surface area (Å²) in [6, 6.07) is 8.80. The summed E-state index contributed by atoms with van der Waals surface area (Å²) >= 11 is 3.34. The maximum atomic E-state index is 11.6. The van der Waals surface area contributed by atoms with E-state index in [1.807, 2.05) is 24.3 Å². The Morgan fingerprint density at radius 2 is 2.05 bits per heavy atom. The number of nitrogens with one attached hydrogen (secondary N) is 1. The van der Waals surface area contributed by atoms with Crippen LogP contribution in [0, 0.1) is 0 Å². The Morgan fingerprint density at radius 1 is 1.37 bits per heavy atom. The van der Waals surface area contributed by atoms with E-state index in [2.05, 4.69) is 26.1 Å². The molecular weight excluding hydrogens is 312 g/mol. The van der Waals surface area contributed by atoms with Crippen molar-refractivity contribution in [2.24, 2.45) is 0 Å². The third-order valence-electron chi connectivity index (χ3n) is 2.44. The summed E-state index contributed by atoms with van der Waals surface area (Å²) in [5, 5.41) is 6.22. The minimum atomic E-state index is -0.649. The molecule has 1 aromatic carbocycles. The number of ether oxygens (including phenoxy) is 1. The van der Waals surface area contributed by atoms with Crippen LogP contribution in [0.15, 0.2) is 39.6 Å². The zero-order chi connectivity index (χ0) is 13.8. The minimum Gasteiger partial charge on any atom is -0.462 e. The summed E-state index contributed by atoms with van der Waals surface area (Å²) in [5.74, 6) is -0.649. The Labute approximate surface area is 117 Å². The molecule has 0 aliphatic heterocycles. The summed E-state index contributed by atoms with van der Waals surface area (Å²) in [7, 11) is 0. The number of halogens is 1. The van der Waals surface area contributed by atoms with Crippen LogP contribution >= 0.6 is 15.9 Å². The summed E-state index contributed by atoms with van der Waals surface area (Å²) in [6.07, 6.45) is 0. The zero-order valence-electron chi connectivity index (χ0n) is 10.1. The predicted molar refractivity (Wildman–Crippen MR) is 74.0 cm³/mol. The lowest BCUT2D eigenvalue weighted by Gasteiger charge is -2.04. The van der Waals surface area contributed by atoms with Gasteiger partial charge in [0, 0.05) is 10.0 Å². The van der Waals surface area contributed by atoms with E-state index in [9.17, 15) is 9.59 Å². The highest BCUT2D eigenvalue weighted by Crippen LogP contribution is 2.19. The number of carbonyl (C=O) groups is 1. The van der Waals surface area contributed by atoms with Gasteiger partial charge in [0.2, 0.25) is 0 Å². The third-order valence-corrected chi connectivity index (χ3v) is 2.97. The van der Waals surface area contributed by atoms with Crippen molar-refractivity contribution in [3.8, 4) is 11.3 Å². The highest BCUT2D eigenvalue weighted by atomic mass is 79.9. The highest BCUT2D eigenvalue weighted by molar-refractivity contribution is 9.10. The monoisotopic (exact) mass is 322 g/mol. The van der Waals surface area contributed by atoms with Gasteiger partial charge in [0.05, 0.1) is 12.3 Å². The van der Waals surface area contributed by atoms with E-state index in [0.29, 0.717) is 5.69 Å². The molecule has 0 fully saturated rings. The first-order valence-corrected chi connectivity index (χ1v) is 6.44. The molecule has 0 amide bonds. The van der Waals surface area contributed by atoms with Crippen LogP contribution in [-0.4, -0.2) is 22.8 Å². The molecule has 5 nitrogen and oxygen atoms in total. The Kier molecular flexibility index (Phi) is 4.11. The zero-order valence-corrected chi connectivity index (χ0v) is 11.7. The lowest BCUT2D eigenvalue weighted by atomic mass is 10.1. The summed E-state index contributed by atoms with van der Waals surface area (Å²) < 4.78 is 5.76. The third kappa shape index (κ3) is 3.08. The van der Waals surface area contributed by atoms with E-state index in [1.54, 1.807) is 6.92 Å². The van der Waals surface area contributed by atoms with E-state index in [1.165, 1.54) is 6.07 Å². The molecule has 2 aromatic rings. The molecule has 98 valence electrons. The standard InChI is InChI=1S/C13H11BrN2O3/c1-2-19-13(18)10-7-11(15-16-12(10)17)8-3-5-9(14)6-4-8/h3-7H,2H2,1H3,(H,16,17). The Hall–Kier alpha value is -1.95. The van der Waals surface area contributed by atoms with Gasteiger partial charge in [-0.05, 0) is 25.1 Å². The highest BCUT2D eigenvalue weighted by Gasteiger charge is 2.13. The predicted octanol–water partition coefficient (Wildman–Crippen LogP) is 2.38. The maximum Gasteiger partial charge on any atom is 0.343 e. The lowest BCUT2D eigenvalue weighted by molar-refractivity contribution is 0.0524. The topological polar surface area (TPSA) is 72.0 Å². The number of aromatic nitrogens is 2. The number of nitrogens with zero attached hydrogens (tertiary/aromatic N) is 1. The van der Waals surface area contributed by atoms with E-state index in [-0.39, 0.29) is 12.2 Å². The first-order valence-electron chi connectivity index (χ1n) is 5.64. The lowest BCUT2D eigenvalue weighted by Crippen LogP contribution is -2.21. The normalized spacial score (nSPS) is 10.2. The molecule has 0 aliphatic rings. The van der Waals surface area contributed by atoms with Gasteiger partial charge in [-0.25, -0.2) is 9.89 Å². The van der Waals surface area contributed by atoms with Crippen LogP contribution < -0.4 is 5.56 Å². The number of hydrogen-bond donors (Lipinski definition) is 1. The van der Waals surface area contributed by atoms with Gasteiger partial charge in [0.1, 0.15) is 5.56 Å². The molecule has 0 aliphatic carbocycles. The molecule has 1 aromatic heterocycles. The average Bonchev–Trinajstić information content (AvgIpc) is 2.40. The Balaban J connectivity index is 2.43. The first-order chi connectivity index (χ1) is 9.11. The molecule has 0 saturated heterocycles. The van der Waals surface area contributed by atoms with Gasteiger partial charge in [0.25, 0.3) is 5.56 Å². The fourth-order valence-electron chi connectivity index (χ4n) is 1.53. The average molecular weight is 323 g/mol. The van der Waals surface area contributed by atoms with E-state index in [4.69, 9.17) is 4.74 Å². The van der Waals surface area contributed by atoms with Gasteiger partial charge in [-0.3, -0.25) is 4.79 Å². The number of hydrogen-bond acceptors (Lipinski definition) is 4. The van der Waals surface area contributed by atoms with Crippen molar-refractivity contribution in [1.29, 1.82) is 0 Å². The molecule has 2 rings (SSSR count). The van der Waals surface area contributed by atoms with Crippen molar-refractivity contribution in [3.05, 3.63) is 50.7 Å². The van der Waals surface area contributed by atoms with Crippen LogP contribution in [0.2, 0.25) is 0 Å². The van der Waals surface area contributed by atoms with E-state index in [0.717, 1.165) is 10.0 Å². The second kappa shape index (κ2) is 5.79. The van der Waals surface area contributed by atoms with E-state index >= 15 is 0 Å². The van der Waals surface area contributed by atoms with Crippen LogP contribution in [-0.2, 0) is 4.74 Å². The molecule has 6 heteroatoms. The number of esters is 1. The molecule has 19 heavy (non-hydrogen) atoms. The number of H-pyrrole nitrogens is 1. The van der Waals surface area contributed by atoms with Crippen molar-refractivity contribution in [3.63, 3.8) is 0 Å². The second-order valence-electron chi connectivity index (χ2n) is 3.72. The van der Waals surface area contributed by atoms with Crippen molar-refractivity contribution >= 4 is 21.9 Å². The molecule has 1 N–H and O–H groups in total. The van der Waals surface area contributed by atoms with Gasteiger partial charge < -0.3 is 4.74 Å². The van der Waals surface area contributed by atoms with Crippen LogP contribution in [0.25, 0.3) is 11.3 Å². The van der Waals surface area contributed by atoms with Gasteiger partial charge in [0.15, 0.2) is 0 Å². The fourth-order valence-corrected chi connectivity index (χ4v) is 1.80. The first kappa shape index (κ1) is 13.5. The molecule has 1 heterocycles. The maximum absolute atomic E-state index is 11.6. The number of benzene rings is 1. The number of aromatic amines is 1. The van der Waals surface area contributed by atoms with Crippen molar-refractivity contribution in [2.75, 3.05) is 6.61 Å². The van der Waals surface area contributed by atoms with E-state index < -0.39 is 11.5 Å². The summed E-state index contributed by atoms with van der Waals surface area (Å²) in [5.41, 5.74) is 0.703. The quantitative estimate of drug-likeness (QED) is 0.880. The Bertz CT molecular complexity index is 650. The second-order valence-corrected chi connectivity index (χ2v) is 4.64. The van der Waals surface area contributed by atoms with Crippen LogP contribution in [0.3, 0.4) is 0 Å². The molecule has 0 atom stereocenters. The Morgan fingerprint density at radius 3 is 2.68 bits per heavy atom. The molecule has 0 saturated carbocycles. The number of carbonyl (C=O) groups excluding carboxylic acids is 1. The molecule has 0 spiro atoms. The number of rotatable bonds is 3. The molecule has 0 radical (unpaired) electrons. The molecule has 0 unspecified atom stereocenters.